The molecule has 0 bridgehead atoms. The van der Waals surface area contributed by atoms with Gasteiger partial charge in [-0.3, -0.25) is 9.59 Å². The molecule has 1 atom stereocenters. The smallest absolute Gasteiger partial charge is 0.303 e. The van der Waals surface area contributed by atoms with Gasteiger partial charge in [0.15, 0.2) is 0 Å². The molecule has 1 N–H and O–H groups in total. The number of ether oxygens (including phenoxy) is 1. The molecule has 5 heteroatoms. The molecule has 25 heavy (non-hydrogen) atoms. The Hall–Kier alpha value is -2.04. The van der Waals surface area contributed by atoms with Gasteiger partial charge in [0, 0.05) is 19.0 Å². The molecule has 0 saturated carbocycles. The first-order valence-corrected chi connectivity index (χ1v) is 9.18. The summed E-state index contributed by atoms with van der Waals surface area (Å²) in [6.07, 6.45) is 3.99. The van der Waals surface area contributed by atoms with Crippen molar-refractivity contribution in [1.29, 1.82) is 0 Å². The lowest BCUT2D eigenvalue weighted by Crippen LogP contribution is -2.44. The molecule has 138 valence electrons. The van der Waals surface area contributed by atoms with Crippen LogP contribution in [0.1, 0.15) is 51.5 Å². The summed E-state index contributed by atoms with van der Waals surface area (Å²) in [5.41, 5.74) is 0.962. The SMILES string of the molecule is CC(C)COc1ccc(CC(=O)N2CCCCC2CCC(=O)O)cc1. The topological polar surface area (TPSA) is 66.8 Å². The molecule has 5 nitrogen and oxygen atoms in total. The normalized spacial score (nSPS) is 17.6. The van der Waals surface area contributed by atoms with Gasteiger partial charge in [-0.2, -0.15) is 0 Å². The van der Waals surface area contributed by atoms with E-state index in [-0.39, 0.29) is 18.4 Å². The summed E-state index contributed by atoms with van der Waals surface area (Å²) in [6.45, 7) is 5.62. The van der Waals surface area contributed by atoms with Crippen molar-refractivity contribution >= 4 is 11.9 Å². The molecule has 0 radical (unpaired) electrons. The van der Waals surface area contributed by atoms with E-state index >= 15 is 0 Å². The van der Waals surface area contributed by atoms with Gasteiger partial charge in [0.1, 0.15) is 5.75 Å². The van der Waals surface area contributed by atoms with Crippen LogP contribution in [0.5, 0.6) is 5.75 Å². The average Bonchev–Trinajstić information content (AvgIpc) is 2.59. The van der Waals surface area contributed by atoms with Crippen LogP contribution in [0.25, 0.3) is 0 Å². The number of aliphatic carboxylic acids is 1. The summed E-state index contributed by atoms with van der Waals surface area (Å²) in [7, 11) is 0. The number of piperidine rings is 1. The number of hydrogen-bond acceptors (Lipinski definition) is 3. The number of nitrogens with zero attached hydrogens (tertiary/aromatic N) is 1. The highest BCUT2D eigenvalue weighted by Crippen LogP contribution is 2.22. The van der Waals surface area contributed by atoms with E-state index in [4.69, 9.17) is 9.84 Å². The van der Waals surface area contributed by atoms with E-state index in [0.29, 0.717) is 25.4 Å². The van der Waals surface area contributed by atoms with Crippen LogP contribution in [-0.4, -0.2) is 41.1 Å². The lowest BCUT2D eigenvalue weighted by atomic mass is 9.97. The Morgan fingerprint density at radius 1 is 1.24 bits per heavy atom. The highest BCUT2D eigenvalue weighted by atomic mass is 16.5. The van der Waals surface area contributed by atoms with E-state index < -0.39 is 5.97 Å². The molecular weight excluding hydrogens is 318 g/mol. The van der Waals surface area contributed by atoms with E-state index in [0.717, 1.165) is 37.1 Å². The van der Waals surface area contributed by atoms with Gasteiger partial charge in [-0.1, -0.05) is 26.0 Å². The summed E-state index contributed by atoms with van der Waals surface area (Å²) >= 11 is 0. The molecule has 1 amide bonds. The van der Waals surface area contributed by atoms with Gasteiger partial charge in [-0.15, -0.1) is 0 Å². The molecule has 0 aliphatic carbocycles. The lowest BCUT2D eigenvalue weighted by Gasteiger charge is -2.35. The first-order chi connectivity index (χ1) is 12.0. The quantitative estimate of drug-likeness (QED) is 0.781. The van der Waals surface area contributed by atoms with Crippen LogP contribution in [0.4, 0.5) is 0 Å². The summed E-state index contributed by atoms with van der Waals surface area (Å²) in [5.74, 6) is 0.589. The van der Waals surface area contributed by atoms with Crippen molar-refractivity contribution < 1.29 is 19.4 Å². The Balaban J connectivity index is 1.91. The summed E-state index contributed by atoms with van der Waals surface area (Å²) < 4.78 is 5.66. The molecule has 0 spiro atoms. The standard InChI is InChI=1S/C20H29NO4/c1-15(2)14-25-18-9-6-16(7-10-18)13-19(22)21-12-4-3-5-17(21)8-11-20(23)24/h6-7,9-10,15,17H,3-5,8,11-14H2,1-2H3,(H,23,24). The first-order valence-electron chi connectivity index (χ1n) is 9.18. The zero-order valence-corrected chi connectivity index (χ0v) is 15.2. The number of amides is 1. The molecule has 1 fully saturated rings. The minimum Gasteiger partial charge on any atom is -0.493 e. The highest BCUT2D eigenvalue weighted by Gasteiger charge is 2.26. The van der Waals surface area contributed by atoms with Crippen molar-refractivity contribution in [3.05, 3.63) is 29.8 Å². The fourth-order valence-electron chi connectivity index (χ4n) is 3.16. The molecule has 1 aromatic carbocycles. The fourth-order valence-corrected chi connectivity index (χ4v) is 3.16. The van der Waals surface area contributed by atoms with E-state index in [1.165, 1.54) is 0 Å². The monoisotopic (exact) mass is 347 g/mol. The number of likely N-dealkylation sites (tertiary alicyclic amines) is 1. The average molecular weight is 347 g/mol. The van der Waals surface area contributed by atoms with E-state index in [1.54, 1.807) is 0 Å². The third-order valence-corrected chi connectivity index (χ3v) is 4.50. The number of rotatable bonds is 8. The van der Waals surface area contributed by atoms with Gasteiger partial charge in [0.2, 0.25) is 5.91 Å². The van der Waals surface area contributed by atoms with E-state index in [9.17, 15) is 9.59 Å². The van der Waals surface area contributed by atoms with E-state index in [1.807, 2.05) is 29.2 Å². The van der Waals surface area contributed by atoms with Crippen LogP contribution in [0.3, 0.4) is 0 Å². The van der Waals surface area contributed by atoms with Crippen LogP contribution in [-0.2, 0) is 16.0 Å². The predicted octanol–water partition coefficient (Wildman–Crippen LogP) is 3.51. The molecular formula is C20H29NO4. The number of carbonyl (C=O) groups is 2. The lowest BCUT2D eigenvalue weighted by molar-refractivity contribution is -0.139. The zero-order valence-electron chi connectivity index (χ0n) is 15.2. The Morgan fingerprint density at radius 2 is 1.96 bits per heavy atom. The molecule has 1 unspecified atom stereocenters. The minimum atomic E-state index is -0.796. The maximum absolute atomic E-state index is 12.7. The Bertz CT molecular complexity index is 568. The number of carboxylic acid groups (broad SMARTS) is 1. The Morgan fingerprint density at radius 3 is 2.60 bits per heavy atom. The van der Waals surface area contributed by atoms with Crippen LogP contribution in [0.15, 0.2) is 24.3 Å². The van der Waals surface area contributed by atoms with Crippen molar-refractivity contribution in [2.24, 2.45) is 5.92 Å². The van der Waals surface area contributed by atoms with Gasteiger partial charge >= 0.3 is 5.97 Å². The maximum atomic E-state index is 12.7. The van der Waals surface area contributed by atoms with Crippen molar-refractivity contribution in [2.75, 3.05) is 13.2 Å². The number of hydrogen-bond donors (Lipinski definition) is 1. The van der Waals surface area contributed by atoms with Crippen LogP contribution in [0, 0.1) is 5.92 Å². The van der Waals surface area contributed by atoms with Gasteiger partial charge in [0.25, 0.3) is 0 Å². The maximum Gasteiger partial charge on any atom is 0.303 e. The van der Waals surface area contributed by atoms with Crippen molar-refractivity contribution in [1.82, 2.24) is 4.90 Å². The second kappa shape index (κ2) is 9.44. The third kappa shape index (κ3) is 6.40. The summed E-state index contributed by atoms with van der Waals surface area (Å²) in [4.78, 5) is 25.4. The fraction of sp³-hybridized carbons (Fsp3) is 0.600. The molecule has 1 heterocycles. The molecule has 1 saturated heterocycles. The summed E-state index contributed by atoms with van der Waals surface area (Å²) in [6, 6.07) is 7.74. The molecule has 2 rings (SSSR count). The predicted molar refractivity (Wildman–Crippen MR) is 96.7 cm³/mol. The van der Waals surface area contributed by atoms with Crippen LogP contribution >= 0.6 is 0 Å². The van der Waals surface area contributed by atoms with Crippen molar-refractivity contribution in [3.63, 3.8) is 0 Å². The number of carboxylic acids is 1. The van der Waals surface area contributed by atoms with Gasteiger partial charge in [-0.25, -0.2) is 0 Å². The van der Waals surface area contributed by atoms with Gasteiger partial charge < -0.3 is 14.7 Å². The molecule has 1 aliphatic heterocycles. The van der Waals surface area contributed by atoms with Crippen molar-refractivity contribution in [3.8, 4) is 5.75 Å². The van der Waals surface area contributed by atoms with Crippen molar-refractivity contribution in [2.45, 2.75) is 58.4 Å². The third-order valence-electron chi connectivity index (χ3n) is 4.50. The number of carbonyl (C=O) groups excluding carboxylic acids is 1. The minimum absolute atomic E-state index is 0.0611. The van der Waals surface area contributed by atoms with Crippen LogP contribution < -0.4 is 4.74 Å². The second-order valence-corrected chi connectivity index (χ2v) is 7.19. The first kappa shape index (κ1) is 19.3. The van der Waals surface area contributed by atoms with Gasteiger partial charge in [-0.05, 0) is 49.3 Å². The Labute approximate surface area is 150 Å². The largest absolute Gasteiger partial charge is 0.493 e. The summed E-state index contributed by atoms with van der Waals surface area (Å²) in [5, 5.41) is 8.89. The molecule has 0 aromatic heterocycles. The van der Waals surface area contributed by atoms with Crippen LogP contribution in [0.2, 0.25) is 0 Å². The second-order valence-electron chi connectivity index (χ2n) is 7.19. The molecule has 1 aromatic rings. The molecule has 1 aliphatic rings. The Kier molecular flexibility index (Phi) is 7.29. The highest BCUT2D eigenvalue weighted by molar-refractivity contribution is 5.79. The zero-order chi connectivity index (χ0) is 18.2. The van der Waals surface area contributed by atoms with E-state index in [2.05, 4.69) is 13.8 Å². The van der Waals surface area contributed by atoms with Gasteiger partial charge in [0.05, 0.1) is 13.0 Å². The number of benzene rings is 1.